The van der Waals surface area contributed by atoms with Crippen LogP contribution in [0.25, 0.3) is 11.1 Å². The quantitative estimate of drug-likeness (QED) is 0.594. The van der Waals surface area contributed by atoms with E-state index >= 15 is 0 Å². The monoisotopic (exact) mass is 459 g/mol. The van der Waals surface area contributed by atoms with Crippen molar-refractivity contribution in [2.24, 2.45) is 0 Å². The highest BCUT2D eigenvalue weighted by atomic mass is 16.2. The number of piperazine rings is 1. The molecule has 2 heterocycles. The van der Waals surface area contributed by atoms with Gasteiger partial charge in [-0.25, -0.2) is 0 Å². The maximum absolute atomic E-state index is 13.4. The molecule has 0 unspecified atom stereocenters. The molecule has 0 atom stereocenters. The van der Waals surface area contributed by atoms with E-state index in [9.17, 15) is 14.4 Å². The van der Waals surface area contributed by atoms with Crippen LogP contribution in [0.15, 0.2) is 67.0 Å². The van der Waals surface area contributed by atoms with Crippen molar-refractivity contribution < 1.29 is 14.4 Å². The fraction of sp³-hybridized carbons (Fsp3) is 0.308. The molecular weight excluding hydrogens is 430 g/mol. The van der Waals surface area contributed by atoms with Crippen molar-refractivity contribution in [3.63, 3.8) is 0 Å². The smallest absolute Gasteiger partial charge is 0.312 e. The lowest BCUT2D eigenvalue weighted by atomic mass is 9.97. The predicted molar refractivity (Wildman–Crippen MR) is 129 cm³/mol. The molecule has 8 nitrogen and oxygen atoms in total. The average Bonchev–Trinajstić information content (AvgIpc) is 3.36. The van der Waals surface area contributed by atoms with Gasteiger partial charge in [0.05, 0.1) is 6.54 Å². The minimum Gasteiger partial charge on any atom is -0.346 e. The summed E-state index contributed by atoms with van der Waals surface area (Å²) in [4.78, 5) is 41.0. The lowest BCUT2D eigenvalue weighted by molar-refractivity contribution is -0.147. The summed E-state index contributed by atoms with van der Waals surface area (Å²) in [5.41, 5.74) is 3.58. The summed E-state index contributed by atoms with van der Waals surface area (Å²) in [6, 6.07) is 17.5. The summed E-state index contributed by atoms with van der Waals surface area (Å²) in [5.74, 6) is -1.22. The third-order valence-electron chi connectivity index (χ3n) is 5.79. The van der Waals surface area contributed by atoms with Gasteiger partial charge in [0.15, 0.2) is 0 Å². The Morgan fingerprint density at radius 3 is 2.24 bits per heavy atom. The van der Waals surface area contributed by atoms with Gasteiger partial charge in [0.2, 0.25) is 0 Å². The van der Waals surface area contributed by atoms with Gasteiger partial charge in [-0.05, 0) is 42.7 Å². The van der Waals surface area contributed by atoms with E-state index in [0.29, 0.717) is 38.3 Å². The van der Waals surface area contributed by atoms with Gasteiger partial charge in [-0.2, -0.15) is 5.10 Å². The molecule has 3 amide bonds. The number of nitrogens with one attached hydrogen (secondary N) is 1. The number of benzene rings is 2. The minimum absolute atomic E-state index is 0.0741. The fourth-order valence-corrected chi connectivity index (χ4v) is 4.04. The van der Waals surface area contributed by atoms with Gasteiger partial charge in [-0.1, -0.05) is 42.5 Å². The molecule has 1 aliphatic rings. The van der Waals surface area contributed by atoms with Crippen LogP contribution >= 0.6 is 0 Å². The summed E-state index contributed by atoms with van der Waals surface area (Å²) >= 11 is 0. The lowest BCUT2D eigenvalue weighted by Crippen LogP contribution is -2.54. The van der Waals surface area contributed by atoms with Crippen LogP contribution in [0.5, 0.6) is 0 Å². The molecule has 1 N–H and O–H groups in total. The molecule has 34 heavy (non-hydrogen) atoms. The highest BCUT2D eigenvalue weighted by Crippen LogP contribution is 2.26. The summed E-state index contributed by atoms with van der Waals surface area (Å²) in [7, 11) is 0. The van der Waals surface area contributed by atoms with Crippen molar-refractivity contribution in [1.82, 2.24) is 24.9 Å². The Morgan fingerprint density at radius 2 is 1.59 bits per heavy atom. The number of carbonyl (C=O) groups is 3. The second-order valence-electron chi connectivity index (χ2n) is 8.66. The molecule has 1 fully saturated rings. The zero-order chi connectivity index (χ0) is 24.1. The zero-order valence-corrected chi connectivity index (χ0v) is 19.5. The third kappa shape index (κ3) is 5.33. The highest BCUT2D eigenvalue weighted by molar-refractivity contribution is 6.35. The van der Waals surface area contributed by atoms with Crippen LogP contribution in [-0.4, -0.2) is 69.5 Å². The molecule has 0 aliphatic carbocycles. The Balaban J connectivity index is 1.43. The number of carbonyl (C=O) groups excluding carboxylic acids is 3. The van der Waals surface area contributed by atoms with Crippen molar-refractivity contribution in [3.8, 4) is 11.1 Å². The number of amides is 3. The number of aromatic nitrogens is 2. The zero-order valence-electron chi connectivity index (χ0n) is 19.5. The van der Waals surface area contributed by atoms with Gasteiger partial charge in [0.1, 0.15) is 0 Å². The summed E-state index contributed by atoms with van der Waals surface area (Å²) in [5, 5.41) is 6.86. The molecule has 3 aromatic rings. The lowest BCUT2D eigenvalue weighted by Gasteiger charge is -2.34. The van der Waals surface area contributed by atoms with Gasteiger partial charge in [0.25, 0.3) is 5.91 Å². The third-order valence-corrected chi connectivity index (χ3v) is 5.79. The maximum Gasteiger partial charge on any atom is 0.312 e. The molecule has 1 aromatic heterocycles. The standard InChI is InChI=1S/C26H29N5O3/c1-19(2)28-24(32)26(34)30-16-14-29(15-17-30)25(33)23-7-4-3-6-22(23)21-10-8-20(9-11-21)18-31-13-5-12-27-31/h3-13,19H,14-18H2,1-2H3,(H,28,32). The number of hydrogen-bond donors (Lipinski definition) is 1. The molecular formula is C26H29N5O3. The summed E-state index contributed by atoms with van der Waals surface area (Å²) < 4.78 is 1.86. The van der Waals surface area contributed by atoms with E-state index in [1.807, 2.05) is 79.3 Å². The summed E-state index contributed by atoms with van der Waals surface area (Å²) in [6.07, 6.45) is 3.68. The van der Waals surface area contributed by atoms with E-state index in [-0.39, 0.29) is 11.9 Å². The van der Waals surface area contributed by atoms with Gasteiger partial charge < -0.3 is 15.1 Å². The first-order chi connectivity index (χ1) is 16.4. The molecule has 0 saturated carbocycles. The topological polar surface area (TPSA) is 87.5 Å². The first-order valence-electron chi connectivity index (χ1n) is 11.5. The molecule has 2 aromatic carbocycles. The fourth-order valence-electron chi connectivity index (χ4n) is 4.04. The molecule has 8 heteroatoms. The Bertz CT molecular complexity index is 1150. The van der Waals surface area contributed by atoms with Crippen LogP contribution in [0, 0.1) is 0 Å². The van der Waals surface area contributed by atoms with Crippen LogP contribution in [0.4, 0.5) is 0 Å². The van der Waals surface area contributed by atoms with Crippen LogP contribution in [-0.2, 0) is 16.1 Å². The van der Waals surface area contributed by atoms with Crippen molar-refractivity contribution in [2.45, 2.75) is 26.4 Å². The Kier molecular flexibility index (Phi) is 7.06. The van der Waals surface area contributed by atoms with Crippen LogP contribution < -0.4 is 5.32 Å². The first kappa shape index (κ1) is 23.2. The van der Waals surface area contributed by atoms with E-state index in [1.165, 1.54) is 4.90 Å². The van der Waals surface area contributed by atoms with Crippen molar-refractivity contribution in [3.05, 3.63) is 78.1 Å². The maximum atomic E-state index is 13.4. The predicted octanol–water partition coefficient (Wildman–Crippen LogP) is 2.41. The Morgan fingerprint density at radius 1 is 0.912 bits per heavy atom. The molecule has 0 spiro atoms. The van der Waals surface area contributed by atoms with Crippen molar-refractivity contribution >= 4 is 17.7 Å². The van der Waals surface area contributed by atoms with E-state index in [4.69, 9.17) is 0 Å². The number of nitrogens with zero attached hydrogens (tertiary/aromatic N) is 4. The minimum atomic E-state index is -0.601. The molecule has 4 rings (SSSR count). The molecule has 0 bridgehead atoms. The molecule has 1 aliphatic heterocycles. The molecule has 1 saturated heterocycles. The molecule has 0 radical (unpaired) electrons. The van der Waals surface area contributed by atoms with E-state index in [2.05, 4.69) is 10.4 Å². The van der Waals surface area contributed by atoms with Crippen molar-refractivity contribution in [2.75, 3.05) is 26.2 Å². The van der Waals surface area contributed by atoms with Gasteiger partial charge in [-0.3, -0.25) is 19.1 Å². The highest BCUT2D eigenvalue weighted by Gasteiger charge is 2.29. The van der Waals surface area contributed by atoms with E-state index in [1.54, 1.807) is 11.1 Å². The first-order valence-corrected chi connectivity index (χ1v) is 11.5. The average molecular weight is 460 g/mol. The van der Waals surface area contributed by atoms with Crippen molar-refractivity contribution in [1.29, 1.82) is 0 Å². The summed E-state index contributed by atoms with van der Waals surface area (Å²) in [6.45, 7) is 5.75. The number of rotatable bonds is 5. The van der Waals surface area contributed by atoms with Crippen LogP contribution in [0.1, 0.15) is 29.8 Å². The normalized spacial score (nSPS) is 13.7. The van der Waals surface area contributed by atoms with Gasteiger partial charge >= 0.3 is 11.8 Å². The van der Waals surface area contributed by atoms with Gasteiger partial charge in [0, 0.05) is 50.2 Å². The largest absolute Gasteiger partial charge is 0.346 e. The van der Waals surface area contributed by atoms with Gasteiger partial charge in [-0.15, -0.1) is 0 Å². The SMILES string of the molecule is CC(C)NC(=O)C(=O)N1CCN(C(=O)c2ccccc2-c2ccc(Cn3cccn3)cc2)CC1. The second kappa shape index (κ2) is 10.3. The van der Waals surface area contributed by atoms with E-state index in [0.717, 1.165) is 16.7 Å². The number of hydrogen-bond acceptors (Lipinski definition) is 4. The van der Waals surface area contributed by atoms with E-state index < -0.39 is 11.8 Å². The molecule has 176 valence electrons. The Hall–Kier alpha value is -3.94. The Labute approximate surface area is 199 Å². The van der Waals surface area contributed by atoms with Crippen LogP contribution in [0.3, 0.4) is 0 Å². The second-order valence-corrected chi connectivity index (χ2v) is 8.66. The van der Waals surface area contributed by atoms with Crippen LogP contribution in [0.2, 0.25) is 0 Å².